The van der Waals surface area contributed by atoms with Gasteiger partial charge in [-0.05, 0) is 36.6 Å². The number of nitrogens with zero attached hydrogens (tertiary/aromatic N) is 2. The van der Waals surface area contributed by atoms with Gasteiger partial charge in [0.05, 0.1) is 37.6 Å². The molecular weight excluding hydrogens is 532 g/mol. The summed E-state index contributed by atoms with van der Waals surface area (Å²) >= 11 is 0. The van der Waals surface area contributed by atoms with Gasteiger partial charge in [-0.1, -0.05) is 43.3 Å². The minimum atomic E-state index is -3.52. The summed E-state index contributed by atoms with van der Waals surface area (Å²) in [6.45, 7) is 4.03. The van der Waals surface area contributed by atoms with E-state index in [1.807, 2.05) is 49.4 Å². The Morgan fingerprint density at radius 2 is 1.90 bits per heavy atom. The number of amides is 3. The van der Waals surface area contributed by atoms with Crippen molar-refractivity contribution in [3.8, 4) is 5.75 Å². The summed E-state index contributed by atoms with van der Waals surface area (Å²) in [5.41, 5.74) is 1.52. The van der Waals surface area contributed by atoms with Gasteiger partial charge in [-0.15, -0.1) is 0 Å². The van der Waals surface area contributed by atoms with Gasteiger partial charge in [0.15, 0.2) is 0 Å². The Bertz CT molecular complexity index is 1490. The van der Waals surface area contributed by atoms with Crippen molar-refractivity contribution in [1.82, 2.24) is 9.80 Å². The second kappa shape index (κ2) is 12.1. The molecule has 4 rings (SSSR count). The molecule has 1 heterocycles. The third kappa shape index (κ3) is 7.02. The number of rotatable bonds is 7. The number of carbonyl (C=O) groups is 2. The lowest BCUT2D eigenvalue weighted by Crippen LogP contribution is -2.48. The zero-order valence-corrected chi connectivity index (χ0v) is 23.9. The summed E-state index contributed by atoms with van der Waals surface area (Å²) in [6.07, 6.45) is 0.517. The van der Waals surface area contributed by atoms with Crippen LogP contribution in [0.25, 0.3) is 10.8 Å². The van der Waals surface area contributed by atoms with Crippen LogP contribution in [0.5, 0.6) is 5.75 Å². The molecule has 0 spiro atoms. The van der Waals surface area contributed by atoms with E-state index in [0.717, 1.165) is 17.0 Å². The maximum Gasteiger partial charge on any atom is 0.321 e. The number of anilines is 2. The molecule has 40 heavy (non-hydrogen) atoms. The molecule has 11 heteroatoms. The van der Waals surface area contributed by atoms with Gasteiger partial charge in [0, 0.05) is 36.1 Å². The number of carbonyl (C=O) groups excluding carboxylic acids is 2. The SMILES string of the molecule is C[C@@H]1CN([C@@H](C)CO)C(=O)Cc2cc(NS(C)(=O)=O)ccc2O[C@H]1CN(C)C(=O)Nc1cccc2ccccc12. The molecule has 214 valence electrons. The van der Waals surface area contributed by atoms with Gasteiger partial charge in [0.25, 0.3) is 0 Å². The summed E-state index contributed by atoms with van der Waals surface area (Å²) in [6, 6.07) is 17.6. The Labute approximate surface area is 235 Å². The lowest BCUT2D eigenvalue weighted by atomic mass is 10.0. The number of hydrogen-bond donors (Lipinski definition) is 3. The first kappa shape index (κ1) is 29.2. The first-order valence-electron chi connectivity index (χ1n) is 13.1. The Balaban J connectivity index is 1.61. The van der Waals surface area contributed by atoms with Crippen molar-refractivity contribution in [1.29, 1.82) is 0 Å². The Morgan fingerprint density at radius 1 is 1.18 bits per heavy atom. The van der Waals surface area contributed by atoms with Crippen molar-refractivity contribution in [3.63, 3.8) is 0 Å². The highest BCUT2D eigenvalue weighted by Gasteiger charge is 2.32. The van der Waals surface area contributed by atoms with Crippen molar-refractivity contribution in [2.75, 3.05) is 43.0 Å². The predicted octanol–water partition coefficient (Wildman–Crippen LogP) is 3.52. The molecule has 0 unspecified atom stereocenters. The van der Waals surface area contributed by atoms with Crippen LogP contribution in [0.4, 0.5) is 16.2 Å². The minimum Gasteiger partial charge on any atom is -0.488 e. The van der Waals surface area contributed by atoms with Crippen LogP contribution in [0.15, 0.2) is 60.7 Å². The number of urea groups is 1. The zero-order chi connectivity index (χ0) is 29.0. The number of benzene rings is 3. The van der Waals surface area contributed by atoms with Crippen LogP contribution in [0.2, 0.25) is 0 Å². The summed E-state index contributed by atoms with van der Waals surface area (Å²) in [5, 5.41) is 14.8. The number of aliphatic hydroxyl groups is 1. The molecule has 3 aromatic carbocycles. The molecule has 3 aromatic rings. The third-order valence-electron chi connectivity index (χ3n) is 7.05. The van der Waals surface area contributed by atoms with E-state index in [1.54, 1.807) is 42.0 Å². The molecule has 0 saturated heterocycles. The number of ether oxygens (including phenoxy) is 1. The van der Waals surface area contributed by atoms with Gasteiger partial charge in [0.1, 0.15) is 11.9 Å². The lowest BCUT2D eigenvalue weighted by molar-refractivity contribution is -0.134. The fourth-order valence-electron chi connectivity index (χ4n) is 4.82. The lowest BCUT2D eigenvalue weighted by Gasteiger charge is -2.34. The van der Waals surface area contributed by atoms with Gasteiger partial charge in [0.2, 0.25) is 15.9 Å². The number of aliphatic hydroxyl groups excluding tert-OH is 1. The fraction of sp³-hybridized carbons (Fsp3) is 0.379. The van der Waals surface area contributed by atoms with E-state index in [2.05, 4.69) is 10.0 Å². The number of hydrogen-bond acceptors (Lipinski definition) is 6. The molecule has 1 aliphatic rings. The van der Waals surface area contributed by atoms with Crippen LogP contribution >= 0.6 is 0 Å². The van der Waals surface area contributed by atoms with E-state index < -0.39 is 22.2 Å². The monoisotopic (exact) mass is 568 g/mol. The van der Waals surface area contributed by atoms with Crippen molar-refractivity contribution in [3.05, 3.63) is 66.2 Å². The largest absolute Gasteiger partial charge is 0.488 e. The highest BCUT2D eigenvalue weighted by molar-refractivity contribution is 7.92. The zero-order valence-electron chi connectivity index (χ0n) is 23.1. The average Bonchev–Trinajstić information content (AvgIpc) is 2.95. The molecule has 0 aliphatic carbocycles. The fourth-order valence-corrected chi connectivity index (χ4v) is 5.38. The van der Waals surface area contributed by atoms with Crippen LogP contribution in [0.1, 0.15) is 19.4 Å². The number of nitrogens with one attached hydrogen (secondary N) is 2. The molecule has 0 radical (unpaired) electrons. The van der Waals surface area contributed by atoms with E-state index >= 15 is 0 Å². The van der Waals surface area contributed by atoms with Gasteiger partial charge in [-0.3, -0.25) is 9.52 Å². The summed E-state index contributed by atoms with van der Waals surface area (Å²) in [7, 11) is -1.84. The maximum absolute atomic E-state index is 13.3. The molecule has 3 amide bonds. The molecule has 10 nitrogen and oxygen atoms in total. The van der Waals surface area contributed by atoms with Gasteiger partial charge >= 0.3 is 6.03 Å². The topological polar surface area (TPSA) is 128 Å². The molecule has 0 aromatic heterocycles. The maximum atomic E-state index is 13.3. The first-order chi connectivity index (χ1) is 18.9. The van der Waals surface area contributed by atoms with Gasteiger partial charge in [-0.2, -0.15) is 0 Å². The quantitative estimate of drug-likeness (QED) is 0.400. The summed E-state index contributed by atoms with van der Waals surface area (Å²) in [4.78, 5) is 29.7. The first-order valence-corrected chi connectivity index (χ1v) is 15.0. The van der Waals surface area contributed by atoms with Crippen LogP contribution in [0, 0.1) is 5.92 Å². The normalized spacial score (nSPS) is 18.5. The molecule has 0 bridgehead atoms. The Morgan fingerprint density at radius 3 is 2.62 bits per heavy atom. The van der Waals surface area contributed by atoms with Crippen molar-refractivity contribution >= 4 is 44.1 Å². The molecule has 0 fully saturated rings. The second-order valence-corrected chi connectivity index (χ2v) is 12.2. The third-order valence-corrected chi connectivity index (χ3v) is 7.66. The van der Waals surface area contributed by atoms with E-state index in [1.165, 1.54) is 0 Å². The van der Waals surface area contributed by atoms with E-state index in [9.17, 15) is 23.1 Å². The van der Waals surface area contributed by atoms with Gasteiger partial charge < -0.3 is 25.0 Å². The number of sulfonamides is 1. The van der Waals surface area contributed by atoms with Crippen LogP contribution < -0.4 is 14.8 Å². The summed E-state index contributed by atoms with van der Waals surface area (Å²) in [5.74, 6) is 0.0219. The Hall–Kier alpha value is -3.83. The highest BCUT2D eigenvalue weighted by Crippen LogP contribution is 2.30. The average molecular weight is 569 g/mol. The van der Waals surface area contributed by atoms with Crippen LogP contribution in [0.3, 0.4) is 0 Å². The molecule has 1 aliphatic heterocycles. The van der Waals surface area contributed by atoms with Crippen LogP contribution in [-0.2, 0) is 21.2 Å². The van der Waals surface area contributed by atoms with Crippen molar-refractivity contribution in [2.45, 2.75) is 32.4 Å². The van der Waals surface area contributed by atoms with Gasteiger partial charge in [-0.25, -0.2) is 13.2 Å². The highest BCUT2D eigenvalue weighted by atomic mass is 32.2. The van der Waals surface area contributed by atoms with Crippen LogP contribution in [-0.4, -0.2) is 80.4 Å². The van der Waals surface area contributed by atoms with E-state index in [-0.39, 0.29) is 37.4 Å². The summed E-state index contributed by atoms with van der Waals surface area (Å²) < 4.78 is 32.4. The predicted molar refractivity (Wildman–Crippen MR) is 156 cm³/mol. The Kier molecular flexibility index (Phi) is 8.85. The van der Waals surface area contributed by atoms with Crippen molar-refractivity contribution < 1.29 is 27.9 Å². The van der Waals surface area contributed by atoms with Crippen molar-refractivity contribution in [2.24, 2.45) is 5.92 Å². The molecule has 0 saturated carbocycles. The molecule has 3 N–H and O–H groups in total. The second-order valence-electron chi connectivity index (χ2n) is 10.4. The number of fused-ring (bicyclic) bond motifs is 2. The smallest absolute Gasteiger partial charge is 0.321 e. The number of likely N-dealkylation sites (N-methyl/N-ethyl adjacent to an activating group) is 1. The standard InChI is InChI=1S/C29H36N4O6S/c1-19-16-33(20(2)18-34)28(35)15-22-14-23(31-40(4,37)38)12-13-26(22)39-27(19)17-32(3)29(36)30-25-11-7-9-21-8-5-6-10-24(21)25/h5-14,19-20,27,31,34H,15-18H2,1-4H3,(H,30,36)/t19-,20+,27+/m1/s1. The minimum absolute atomic E-state index is 0.0319. The molecular formula is C29H36N4O6S. The van der Waals surface area contributed by atoms with E-state index in [0.29, 0.717) is 29.2 Å². The van der Waals surface area contributed by atoms with E-state index in [4.69, 9.17) is 4.74 Å². The molecule has 3 atom stereocenters.